The second-order valence-corrected chi connectivity index (χ2v) is 7.68. The van der Waals surface area contributed by atoms with E-state index in [1.165, 1.54) is 18.2 Å². The average molecular weight is 316 g/mol. The van der Waals surface area contributed by atoms with Crippen molar-refractivity contribution in [1.29, 1.82) is 0 Å². The number of halogens is 1. The first-order valence-electron chi connectivity index (χ1n) is 6.61. The average Bonchev–Trinajstić information content (AvgIpc) is 2.37. The number of nitrogens with zero attached hydrogens (tertiary/aromatic N) is 1. The highest BCUT2D eigenvalue weighted by Crippen LogP contribution is 2.25. The number of benzene rings is 1. The van der Waals surface area contributed by atoms with Crippen molar-refractivity contribution >= 4 is 27.3 Å². The quantitative estimate of drug-likeness (QED) is 0.843. The molecule has 0 N–H and O–H groups in total. The number of hydrogen-bond acceptors (Lipinski definition) is 3. The minimum absolute atomic E-state index is 0.120. The normalized spacial score (nSPS) is 19.9. The molecule has 1 saturated heterocycles. The molecule has 1 atom stereocenters. The zero-order chi connectivity index (χ0) is 14.9. The summed E-state index contributed by atoms with van der Waals surface area (Å²) in [6.45, 7) is 2.70. The Balaban J connectivity index is 2.38. The Morgan fingerprint density at radius 3 is 2.65 bits per heavy atom. The van der Waals surface area contributed by atoms with Gasteiger partial charge in [-0.15, -0.1) is 0 Å². The van der Waals surface area contributed by atoms with Crippen LogP contribution in [0.15, 0.2) is 23.1 Å². The Bertz CT molecular complexity index is 627. The van der Waals surface area contributed by atoms with Gasteiger partial charge in [0.15, 0.2) is 9.84 Å². The number of carbonyl (C=O) groups excluding carboxylic acids is 1. The number of hydrogen-bond donors (Lipinski definition) is 0. The van der Waals surface area contributed by atoms with E-state index in [9.17, 15) is 13.2 Å². The molecule has 1 heterocycles. The number of rotatable bonds is 2. The zero-order valence-corrected chi connectivity index (χ0v) is 13.2. The van der Waals surface area contributed by atoms with Crippen LogP contribution in [-0.4, -0.2) is 38.1 Å². The van der Waals surface area contributed by atoms with E-state index >= 15 is 0 Å². The molecule has 1 aromatic rings. The Hall–Kier alpha value is -1.07. The van der Waals surface area contributed by atoms with E-state index in [0.29, 0.717) is 11.6 Å². The van der Waals surface area contributed by atoms with Gasteiger partial charge in [0.1, 0.15) is 0 Å². The van der Waals surface area contributed by atoms with E-state index in [1.54, 1.807) is 4.90 Å². The van der Waals surface area contributed by atoms with Gasteiger partial charge in [-0.1, -0.05) is 11.6 Å². The summed E-state index contributed by atoms with van der Waals surface area (Å²) in [4.78, 5) is 14.5. The highest BCUT2D eigenvalue weighted by Gasteiger charge is 2.26. The fraction of sp³-hybridized carbons (Fsp3) is 0.500. The van der Waals surface area contributed by atoms with Crippen LogP contribution < -0.4 is 0 Å². The van der Waals surface area contributed by atoms with Crippen LogP contribution >= 0.6 is 11.6 Å². The summed E-state index contributed by atoms with van der Waals surface area (Å²) in [5.74, 6) is -0.187. The molecule has 0 bridgehead atoms. The minimum Gasteiger partial charge on any atom is -0.336 e. The molecule has 1 unspecified atom stereocenters. The van der Waals surface area contributed by atoms with Crippen LogP contribution in [0.5, 0.6) is 0 Å². The molecule has 1 aliphatic heterocycles. The third-order valence-corrected chi connectivity index (χ3v) is 5.10. The maximum Gasteiger partial charge on any atom is 0.255 e. The van der Waals surface area contributed by atoms with E-state index < -0.39 is 9.84 Å². The van der Waals surface area contributed by atoms with Gasteiger partial charge < -0.3 is 4.90 Å². The summed E-state index contributed by atoms with van der Waals surface area (Å²) >= 11 is 6.07. The molecule has 4 nitrogen and oxygen atoms in total. The van der Waals surface area contributed by atoms with Gasteiger partial charge in [0.05, 0.1) is 15.5 Å². The van der Waals surface area contributed by atoms with Crippen molar-refractivity contribution in [3.8, 4) is 0 Å². The predicted molar refractivity (Wildman–Crippen MR) is 78.9 cm³/mol. The summed E-state index contributed by atoms with van der Waals surface area (Å²) in [5.41, 5.74) is 0.267. The van der Waals surface area contributed by atoms with E-state index in [0.717, 1.165) is 25.5 Å². The molecule has 0 aromatic heterocycles. The molecule has 1 aromatic carbocycles. The van der Waals surface area contributed by atoms with Crippen LogP contribution in [-0.2, 0) is 9.84 Å². The fourth-order valence-corrected chi connectivity index (χ4v) is 3.30. The van der Waals surface area contributed by atoms with E-state index in [2.05, 4.69) is 0 Å². The van der Waals surface area contributed by atoms with Gasteiger partial charge in [-0.25, -0.2) is 8.42 Å². The molecule has 2 rings (SSSR count). The molecule has 0 spiro atoms. The van der Waals surface area contributed by atoms with Crippen LogP contribution in [0.25, 0.3) is 0 Å². The van der Waals surface area contributed by atoms with Crippen molar-refractivity contribution in [2.45, 2.75) is 37.1 Å². The van der Waals surface area contributed by atoms with Crippen molar-refractivity contribution in [1.82, 2.24) is 4.90 Å². The summed E-state index contributed by atoms with van der Waals surface area (Å²) in [5, 5.41) is 0.292. The first-order valence-corrected chi connectivity index (χ1v) is 8.88. The smallest absolute Gasteiger partial charge is 0.255 e. The van der Waals surface area contributed by atoms with Crippen molar-refractivity contribution in [2.75, 3.05) is 12.8 Å². The number of likely N-dealkylation sites (tertiary alicyclic amines) is 1. The lowest BCUT2D eigenvalue weighted by atomic mass is 10.0. The summed E-state index contributed by atoms with van der Waals surface area (Å²) in [6.07, 6.45) is 4.17. The lowest BCUT2D eigenvalue weighted by Crippen LogP contribution is -2.42. The SMILES string of the molecule is CC1CCCCN1C(=O)c1cc(S(C)(=O)=O)ccc1Cl. The fourth-order valence-electron chi connectivity index (χ4n) is 2.45. The molecular weight excluding hydrogens is 298 g/mol. The number of sulfone groups is 1. The molecule has 1 fully saturated rings. The molecule has 1 amide bonds. The minimum atomic E-state index is -3.35. The van der Waals surface area contributed by atoms with Gasteiger partial charge in [0, 0.05) is 18.8 Å². The number of amides is 1. The second kappa shape index (κ2) is 5.74. The molecule has 20 heavy (non-hydrogen) atoms. The topological polar surface area (TPSA) is 54.5 Å². The second-order valence-electron chi connectivity index (χ2n) is 5.26. The van der Waals surface area contributed by atoms with Gasteiger partial charge in [0.25, 0.3) is 5.91 Å². The van der Waals surface area contributed by atoms with Crippen LogP contribution in [0.3, 0.4) is 0 Å². The van der Waals surface area contributed by atoms with Crippen molar-refractivity contribution in [3.05, 3.63) is 28.8 Å². The Morgan fingerprint density at radius 1 is 1.35 bits per heavy atom. The van der Waals surface area contributed by atoms with Gasteiger partial charge in [-0.2, -0.15) is 0 Å². The summed E-state index contributed by atoms with van der Waals surface area (Å²) in [6, 6.07) is 4.43. The standard InChI is InChI=1S/C14H18ClNO3S/c1-10-5-3-4-8-16(10)14(17)12-9-11(20(2,18)19)6-7-13(12)15/h6-7,9-10H,3-5,8H2,1-2H3. The third-order valence-electron chi connectivity index (χ3n) is 3.66. The molecule has 0 radical (unpaired) electrons. The highest BCUT2D eigenvalue weighted by molar-refractivity contribution is 7.90. The lowest BCUT2D eigenvalue weighted by Gasteiger charge is -2.33. The van der Waals surface area contributed by atoms with Crippen molar-refractivity contribution in [3.63, 3.8) is 0 Å². The molecule has 0 saturated carbocycles. The molecule has 110 valence electrons. The monoisotopic (exact) mass is 315 g/mol. The molecular formula is C14H18ClNO3S. The van der Waals surface area contributed by atoms with E-state index in [4.69, 9.17) is 11.6 Å². The van der Waals surface area contributed by atoms with Gasteiger partial charge in [-0.05, 0) is 44.4 Å². The first-order chi connectivity index (χ1) is 9.30. The van der Waals surface area contributed by atoms with E-state index in [-0.39, 0.29) is 22.4 Å². The maximum absolute atomic E-state index is 12.6. The van der Waals surface area contributed by atoms with Crippen LogP contribution in [0.1, 0.15) is 36.5 Å². The zero-order valence-electron chi connectivity index (χ0n) is 11.6. The van der Waals surface area contributed by atoms with Gasteiger partial charge >= 0.3 is 0 Å². The Kier molecular flexibility index (Phi) is 4.39. The van der Waals surface area contributed by atoms with Gasteiger partial charge in [-0.3, -0.25) is 4.79 Å². The van der Waals surface area contributed by atoms with Crippen LogP contribution in [0, 0.1) is 0 Å². The Morgan fingerprint density at radius 2 is 2.05 bits per heavy atom. The highest BCUT2D eigenvalue weighted by atomic mass is 35.5. The van der Waals surface area contributed by atoms with Crippen molar-refractivity contribution in [2.24, 2.45) is 0 Å². The van der Waals surface area contributed by atoms with E-state index in [1.807, 2.05) is 6.92 Å². The summed E-state index contributed by atoms with van der Waals surface area (Å²) in [7, 11) is -3.35. The van der Waals surface area contributed by atoms with Crippen molar-refractivity contribution < 1.29 is 13.2 Å². The first kappa shape index (κ1) is 15.3. The molecule has 6 heteroatoms. The predicted octanol–water partition coefficient (Wildman–Crippen LogP) is 2.76. The van der Waals surface area contributed by atoms with Crippen LogP contribution in [0.2, 0.25) is 5.02 Å². The number of piperidine rings is 1. The maximum atomic E-state index is 12.6. The lowest BCUT2D eigenvalue weighted by molar-refractivity contribution is 0.0635. The molecule has 1 aliphatic rings. The van der Waals surface area contributed by atoms with Crippen LogP contribution in [0.4, 0.5) is 0 Å². The molecule has 0 aliphatic carbocycles. The Labute approximate surface area is 124 Å². The third kappa shape index (κ3) is 3.15. The summed E-state index contributed by atoms with van der Waals surface area (Å²) < 4.78 is 23.2. The van der Waals surface area contributed by atoms with Gasteiger partial charge in [0.2, 0.25) is 0 Å². The number of carbonyl (C=O) groups is 1. The largest absolute Gasteiger partial charge is 0.336 e.